The number of thiazole rings is 1. The predicted octanol–water partition coefficient (Wildman–Crippen LogP) is 1.84. The first-order valence-electron chi connectivity index (χ1n) is 7.74. The molecule has 2 aromatic rings. The summed E-state index contributed by atoms with van der Waals surface area (Å²) in [6, 6.07) is 0. The van der Waals surface area contributed by atoms with Crippen molar-refractivity contribution in [2.24, 2.45) is 0 Å². The second-order valence-corrected chi connectivity index (χ2v) is 6.58. The van der Waals surface area contributed by atoms with Crippen LogP contribution in [0.25, 0.3) is 0 Å². The van der Waals surface area contributed by atoms with E-state index in [2.05, 4.69) is 14.9 Å². The van der Waals surface area contributed by atoms with Crippen molar-refractivity contribution in [2.75, 3.05) is 38.2 Å². The van der Waals surface area contributed by atoms with Gasteiger partial charge < -0.3 is 19.5 Å². The number of nitrogens with zero attached hydrogens (tertiary/aromatic N) is 3. The number of esters is 1. The van der Waals surface area contributed by atoms with E-state index in [0.717, 1.165) is 18.2 Å². The molecule has 0 bridgehead atoms. The highest BCUT2D eigenvalue weighted by Gasteiger charge is 2.28. The van der Waals surface area contributed by atoms with Crippen LogP contribution in [0.1, 0.15) is 32.1 Å². The summed E-state index contributed by atoms with van der Waals surface area (Å²) in [6.45, 7) is 6.31. The van der Waals surface area contributed by atoms with Gasteiger partial charge in [0, 0.05) is 43.4 Å². The Morgan fingerprint density at radius 1 is 1.25 bits per heavy atom. The Morgan fingerprint density at radius 3 is 2.54 bits per heavy atom. The molecule has 0 saturated carbocycles. The standard InChI is InChI=1S/C16H20N4O3S/c1-10-12(15(22)23-3)11(2)18-13(10)14(21)19-5-7-20(8-6-19)16-17-4-9-24-16/h4,9,18H,5-8H2,1-3H3. The average Bonchev–Trinajstić information content (AvgIpc) is 3.22. The maximum Gasteiger partial charge on any atom is 0.339 e. The molecule has 0 unspecified atom stereocenters. The van der Waals surface area contributed by atoms with E-state index in [-0.39, 0.29) is 5.91 Å². The van der Waals surface area contributed by atoms with Gasteiger partial charge in [0.1, 0.15) is 5.69 Å². The highest BCUT2D eigenvalue weighted by molar-refractivity contribution is 7.13. The van der Waals surface area contributed by atoms with Crippen molar-refractivity contribution in [3.8, 4) is 0 Å². The summed E-state index contributed by atoms with van der Waals surface area (Å²) in [7, 11) is 1.34. The Kier molecular flexibility index (Phi) is 4.57. The van der Waals surface area contributed by atoms with Gasteiger partial charge in [0.15, 0.2) is 5.13 Å². The maximum atomic E-state index is 12.8. The maximum absolute atomic E-state index is 12.8. The van der Waals surface area contributed by atoms with Crippen molar-refractivity contribution < 1.29 is 14.3 Å². The van der Waals surface area contributed by atoms with Crippen LogP contribution in [0.15, 0.2) is 11.6 Å². The van der Waals surface area contributed by atoms with Crippen LogP contribution >= 0.6 is 11.3 Å². The molecule has 8 heteroatoms. The van der Waals surface area contributed by atoms with Gasteiger partial charge in [-0.1, -0.05) is 0 Å². The molecule has 24 heavy (non-hydrogen) atoms. The number of hydrogen-bond donors (Lipinski definition) is 1. The number of hydrogen-bond acceptors (Lipinski definition) is 6. The third-order valence-electron chi connectivity index (χ3n) is 4.30. The van der Waals surface area contributed by atoms with Gasteiger partial charge >= 0.3 is 5.97 Å². The van der Waals surface area contributed by atoms with Crippen LogP contribution in [0.4, 0.5) is 5.13 Å². The number of ether oxygens (including phenoxy) is 1. The summed E-state index contributed by atoms with van der Waals surface area (Å²) in [5, 5.41) is 2.94. The van der Waals surface area contributed by atoms with Crippen molar-refractivity contribution in [3.63, 3.8) is 0 Å². The second-order valence-electron chi connectivity index (χ2n) is 5.71. The Morgan fingerprint density at radius 2 is 1.96 bits per heavy atom. The van der Waals surface area contributed by atoms with E-state index in [1.807, 2.05) is 10.3 Å². The van der Waals surface area contributed by atoms with E-state index in [1.54, 1.807) is 31.4 Å². The molecule has 3 heterocycles. The molecule has 1 saturated heterocycles. The van der Waals surface area contributed by atoms with Gasteiger partial charge in [0.2, 0.25) is 0 Å². The van der Waals surface area contributed by atoms with Gasteiger partial charge in [-0.15, -0.1) is 11.3 Å². The van der Waals surface area contributed by atoms with Gasteiger partial charge in [0.05, 0.1) is 12.7 Å². The molecule has 0 radical (unpaired) electrons. The van der Waals surface area contributed by atoms with Gasteiger partial charge in [0.25, 0.3) is 5.91 Å². The van der Waals surface area contributed by atoms with E-state index in [4.69, 9.17) is 4.74 Å². The van der Waals surface area contributed by atoms with Crippen molar-refractivity contribution in [1.29, 1.82) is 0 Å². The van der Waals surface area contributed by atoms with Crippen molar-refractivity contribution in [3.05, 3.63) is 34.1 Å². The Hall–Kier alpha value is -2.35. The number of aromatic amines is 1. The topological polar surface area (TPSA) is 78.5 Å². The zero-order valence-electron chi connectivity index (χ0n) is 14.0. The molecule has 1 fully saturated rings. The monoisotopic (exact) mass is 348 g/mol. The first kappa shape index (κ1) is 16.5. The highest BCUT2D eigenvalue weighted by Crippen LogP contribution is 2.22. The van der Waals surface area contributed by atoms with Crippen molar-refractivity contribution >= 4 is 28.3 Å². The molecular weight excluding hydrogens is 328 g/mol. The zero-order valence-corrected chi connectivity index (χ0v) is 14.8. The van der Waals surface area contributed by atoms with Gasteiger partial charge in [-0.25, -0.2) is 9.78 Å². The van der Waals surface area contributed by atoms with E-state index < -0.39 is 5.97 Å². The summed E-state index contributed by atoms with van der Waals surface area (Å²) >= 11 is 1.60. The fourth-order valence-electron chi connectivity index (χ4n) is 3.00. The molecular formula is C16H20N4O3S. The molecule has 1 aliphatic rings. The minimum Gasteiger partial charge on any atom is -0.465 e. The number of amides is 1. The lowest BCUT2D eigenvalue weighted by atomic mass is 10.1. The third-order valence-corrected chi connectivity index (χ3v) is 5.13. The smallest absolute Gasteiger partial charge is 0.339 e. The van der Waals surface area contributed by atoms with Crippen LogP contribution in [0, 0.1) is 13.8 Å². The number of H-pyrrole nitrogens is 1. The quantitative estimate of drug-likeness (QED) is 0.856. The van der Waals surface area contributed by atoms with Crippen molar-refractivity contribution in [2.45, 2.75) is 13.8 Å². The number of piperazine rings is 1. The summed E-state index contributed by atoms with van der Waals surface area (Å²) in [4.78, 5) is 36.0. The number of carbonyl (C=O) groups is 2. The van der Waals surface area contributed by atoms with Gasteiger partial charge in [-0.05, 0) is 19.4 Å². The second kappa shape index (κ2) is 6.64. The molecule has 0 aliphatic carbocycles. The van der Waals surface area contributed by atoms with Crippen LogP contribution in [0.5, 0.6) is 0 Å². The summed E-state index contributed by atoms with van der Waals surface area (Å²) in [5.41, 5.74) is 2.22. The number of nitrogens with one attached hydrogen (secondary N) is 1. The van der Waals surface area contributed by atoms with E-state index in [9.17, 15) is 9.59 Å². The predicted molar refractivity (Wildman–Crippen MR) is 91.8 cm³/mol. The van der Waals surface area contributed by atoms with Crippen LogP contribution in [-0.4, -0.2) is 60.0 Å². The Labute approximate surface area is 144 Å². The van der Waals surface area contributed by atoms with Gasteiger partial charge in [-0.3, -0.25) is 4.79 Å². The first-order valence-corrected chi connectivity index (χ1v) is 8.62. The molecule has 0 spiro atoms. The zero-order chi connectivity index (χ0) is 17.3. The first-order chi connectivity index (χ1) is 11.5. The normalized spacial score (nSPS) is 14.8. The highest BCUT2D eigenvalue weighted by atomic mass is 32.1. The fourth-order valence-corrected chi connectivity index (χ4v) is 3.70. The Balaban J connectivity index is 1.73. The SMILES string of the molecule is COC(=O)c1c(C)[nH]c(C(=O)N2CCN(c3nccs3)CC2)c1C. The summed E-state index contributed by atoms with van der Waals surface area (Å²) in [6.07, 6.45) is 1.79. The molecule has 3 rings (SSSR count). The van der Waals surface area contributed by atoms with Gasteiger partial charge in [-0.2, -0.15) is 0 Å². The summed E-state index contributed by atoms with van der Waals surface area (Å²) in [5.74, 6) is -0.501. The molecule has 1 amide bonds. The number of aryl methyl sites for hydroxylation is 1. The molecule has 0 atom stereocenters. The lowest BCUT2D eigenvalue weighted by molar-refractivity contribution is 0.0599. The lowest BCUT2D eigenvalue weighted by Gasteiger charge is -2.34. The average molecular weight is 348 g/mol. The molecule has 1 aliphatic heterocycles. The van der Waals surface area contributed by atoms with Crippen LogP contribution < -0.4 is 4.90 Å². The van der Waals surface area contributed by atoms with E-state index in [0.29, 0.717) is 35.6 Å². The Bertz CT molecular complexity index is 746. The van der Waals surface area contributed by atoms with E-state index in [1.165, 1.54) is 7.11 Å². The number of rotatable bonds is 3. The minimum absolute atomic E-state index is 0.0791. The summed E-state index contributed by atoms with van der Waals surface area (Å²) < 4.78 is 4.80. The lowest BCUT2D eigenvalue weighted by Crippen LogP contribution is -2.49. The molecule has 128 valence electrons. The minimum atomic E-state index is -0.422. The number of anilines is 1. The molecule has 1 N–H and O–H groups in total. The van der Waals surface area contributed by atoms with E-state index >= 15 is 0 Å². The molecule has 0 aromatic carbocycles. The third kappa shape index (κ3) is 2.89. The largest absolute Gasteiger partial charge is 0.465 e. The van der Waals surface area contributed by atoms with Crippen LogP contribution in [0.2, 0.25) is 0 Å². The number of aromatic nitrogens is 2. The van der Waals surface area contributed by atoms with Crippen LogP contribution in [0.3, 0.4) is 0 Å². The van der Waals surface area contributed by atoms with Crippen molar-refractivity contribution in [1.82, 2.24) is 14.9 Å². The number of methoxy groups -OCH3 is 1. The molecule has 7 nitrogen and oxygen atoms in total. The van der Waals surface area contributed by atoms with Crippen LogP contribution in [-0.2, 0) is 4.74 Å². The number of carbonyl (C=O) groups excluding carboxylic acids is 2. The molecule has 2 aromatic heterocycles. The fraction of sp³-hybridized carbons (Fsp3) is 0.438.